The average molecular weight is 543 g/mol. The molecular weight excluding hydrogens is 512 g/mol. The van der Waals surface area contributed by atoms with E-state index in [0.717, 1.165) is 10.9 Å². The van der Waals surface area contributed by atoms with Crippen molar-refractivity contribution in [1.29, 1.82) is 0 Å². The quantitative estimate of drug-likeness (QED) is 0.354. The summed E-state index contributed by atoms with van der Waals surface area (Å²) in [4.78, 5) is 40.1. The standard InChI is InChI=1S/C26H31BrN4O4/c1-5-13-31-17(4)22(24(32)35-15-16(2)3)23(30-26(31)34)18-9-8-10-19(14-18)28-25(33)29-21-12-7-6-11-20(21)27/h6-12,14,16,23H,5,13,15H2,1-4H3,(H,30,34)(H2,28,29,33). The van der Waals surface area contributed by atoms with Crippen molar-refractivity contribution in [1.82, 2.24) is 10.2 Å². The summed E-state index contributed by atoms with van der Waals surface area (Å²) in [6, 6.07) is 12.9. The van der Waals surface area contributed by atoms with Gasteiger partial charge >= 0.3 is 18.0 Å². The van der Waals surface area contributed by atoms with Crippen LogP contribution >= 0.6 is 15.9 Å². The second-order valence-electron chi connectivity index (χ2n) is 8.71. The molecule has 3 rings (SSSR count). The van der Waals surface area contributed by atoms with Gasteiger partial charge in [0.15, 0.2) is 0 Å². The molecular formula is C26H31BrN4O4. The maximum absolute atomic E-state index is 13.1. The van der Waals surface area contributed by atoms with Crippen molar-refractivity contribution in [3.05, 3.63) is 69.8 Å². The molecule has 186 valence electrons. The van der Waals surface area contributed by atoms with Crippen LogP contribution in [0.15, 0.2) is 64.3 Å². The molecule has 0 saturated heterocycles. The molecule has 2 aromatic rings. The molecule has 1 unspecified atom stereocenters. The Hall–Kier alpha value is -3.33. The SMILES string of the molecule is CCCN1C(=O)NC(c2cccc(NC(=O)Nc3ccccc3Br)c2)C(C(=O)OCC(C)C)=C1C. The Kier molecular flexibility index (Phi) is 8.92. The van der Waals surface area contributed by atoms with Crippen LogP contribution in [-0.4, -0.2) is 36.1 Å². The van der Waals surface area contributed by atoms with Gasteiger partial charge in [0.05, 0.1) is 23.9 Å². The maximum atomic E-state index is 13.1. The number of nitrogens with zero attached hydrogens (tertiary/aromatic N) is 1. The number of anilines is 2. The van der Waals surface area contributed by atoms with Crippen molar-refractivity contribution in [3.63, 3.8) is 0 Å². The van der Waals surface area contributed by atoms with E-state index in [1.54, 1.807) is 42.2 Å². The van der Waals surface area contributed by atoms with Crippen LogP contribution in [0.25, 0.3) is 0 Å². The van der Waals surface area contributed by atoms with Gasteiger partial charge in [-0.25, -0.2) is 14.4 Å². The molecule has 4 amide bonds. The summed E-state index contributed by atoms with van der Waals surface area (Å²) in [6.07, 6.45) is 0.746. The number of nitrogens with one attached hydrogen (secondary N) is 3. The maximum Gasteiger partial charge on any atom is 0.338 e. The van der Waals surface area contributed by atoms with Gasteiger partial charge in [0.25, 0.3) is 0 Å². The highest BCUT2D eigenvalue weighted by Crippen LogP contribution is 2.32. The van der Waals surface area contributed by atoms with E-state index < -0.39 is 18.0 Å². The third-order valence-corrected chi connectivity index (χ3v) is 6.10. The Labute approximate surface area is 214 Å². The van der Waals surface area contributed by atoms with Gasteiger partial charge in [0, 0.05) is 22.4 Å². The fourth-order valence-electron chi connectivity index (χ4n) is 3.75. The van der Waals surface area contributed by atoms with Gasteiger partial charge in [-0.15, -0.1) is 0 Å². The highest BCUT2D eigenvalue weighted by atomic mass is 79.9. The number of urea groups is 2. The molecule has 0 aromatic heterocycles. The number of carbonyl (C=O) groups is 3. The van der Waals surface area contributed by atoms with Crippen molar-refractivity contribution in [2.24, 2.45) is 5.92 Å². The smallest absolute Gasteiger partial charge is 0.338 e. The fraction of sp³-hybridized carbons (Fsp3) is 0.346. The van der Waals surface area contributed by atoms with Crippen LogP contribution in [0.3, 0.4) is 0 Å². The van der Waals surface area contributed by atoms with Crippen LogP contribution in [0, 0.1) is 5.92 Å². The van der Waals surface area contributed by atoms with Crippen molar-refractivity contribution < 1.29 is 19.1 Å². The number of benzene rings is 2. The first-order chi connectivity index (χ1) is 16.7. The van der Waals surface area contributed by atoms with Crippen LogP contribution in [-0.2, 0) is 9.53 Å². The second-order valence-corrected chi connectivity index (χ2v) is 9.56. The van der Waals surface area contributed by atoms with Gasteiger partial charge in [0.2, 0.25) is 0 Å². The monoisotopic (exact) mass is 542 g/mol. The Morgan fingerprint density at radius 3 is 2.57 bits per heavy atom. The van der Waals surface area contributed by atoms with E-state index in [2.05, 4.69) is 31.9 Å². The number of halogens is 1. The lowest BCUT2D eigenvalue weighted by Gasteiger charge is -2.35. The molecule has 1 aliphatic rings. The van der Waals surface area contributed by atoms with Crippen molar-refractivity contribution in [2.75, 3.05) is 23.8 Å². The summed E-state index contributed by atoms with van der Waals surface area (Å²) in [7, 11) is 0. The third-order valence-electron chi connectivity index (χ3n) is 5.41. The average Bonchev–Trinajstić information content (AvgIpc) is 2.81. The molecule has 0 fully saturated rings. The van der Waals surface area contributed by atoms with Crippen LogP contribution in [0.5, 0.6) is 0 Å². The lowest BCUT2D eigenvalue weighted by Crippen LogP contribution is -2.48. The Morgan fingerprint density at radius 2 is 1.89 bits per heavy atom. The first kappa shape index (κ1) is 26.3. The van der Waals surface area contributed by atoms with Crippen molar-refractivity contribution in [3.8, 4) is 0 Å². The van der Waals surface area contributed by atoms with Crippen molar-refractivity contribution >= 4 is 45.3 Å². The molecule has 1 aliphatic heterocycles. The number of amides is 4. The summed E-state index contributed by atoms with van der Waals surface area (Å²) >= 11 is 3.41. The Morgan fingerprint density at radius 1 is 1.14 bits per heavy atom. The Balaban J connectivity index is 1.88. The first-order valence-electron chi connectivity index (χ1n) is 11.6. The van der Waals surface area contributed by atoms with Crippen LogP contribution in [0.4, 0.5) is 21.0 Å². The number of rotatable bonds is 8. The number of hydrogen-bond donors (Lipinski definition) is 3. The molecule has 9 heteroatoms. The zero-order valence-electron chi connectivity index (χ0n) is 20.4. The highest BCUT2D eigenvalue weighted by Gasteiger charge is 2.36. The minimum Gasteiger partial charge on any atom is -0.462 e. The largest absolute Gasteiger partial charge is 0.462 e. The molecule has 0 saturated carbocycles. The topological polar surface area (TPSA) is 99.8 Å². The predicted molar refractivity (Wildman–Crippen MR) is 140 cm³/mol. The first-order valence-corrected chi connectivity index (χ1v) is 12.4. The molecule has 0 bridgehead atoms. The summed E-state index contributed by atoms with van der Waals surface area (Å²) in [5.74, 6) is -0.286. The van der Waals surface area contributed by atoms with Crippen LogP contribution in [0.1, 0.15) is 45.7 Å². The molecule has 35 heavy (non-hydrogen) atoms. The van der Waals surface area contributed by atoms with Crippen LogP contribution in [0.2, 0.25) is 0 Å². The number of carbonyl (C=O) groups excluding carboxylic acids is 3. The van der Waals surface area contributed by atoms with Gasteiger partial charge in [-0.1, -0.05) is 45.0 Å². The highest BCUT2D eigenvalue weighted by molar-refractivity contribution is 9.10. The van der Waals surface area contributed by atoms with Gasteiger partial charge in [0.1, 0.15) is 0 Å². The normalized spacial score (nSPS) is 15.7. The van der Waals surface area contributed by atoms with E-state index in [4.69, 9.17) is 4.74 Å². The molecule has 8 nitrogen and oxygen atoms in total. The van der Waals surface area contributed by atoms with E-state index in [1.165, 1.54) is 0 Å². The lowest BCUT2D eigenvalue weighted by molar-refractivity contribution is -0.140. The molecule has 1 heterocycles. The molecule has 1 atom stereocenters. The van der Waals surface area contributed by atoms with Gasteiger partial charge in [-0.2, -0.15) is 0 Å². The van der Waals surface area contributed by atoms with E-state index >= 15 is 0 Å². The van der Waals surface area contributed by atoms with Gasteiger partial charge < -0.3 is 20.7 Å². The zero-order valence-corrected chi connectivity index (χ0v) is 21.9. The summed E-state index contributed by atoms with van der Waals surface area (Å²) in [5, 5.41) is 8.53. The Bertz CT molecular complexity index is 1130. The minimum atomic E-state index is -0.705. The molecule has 0 radical (unpaired) electrons. The molecule has 0 aliphatic carbocycles. The predicted octanol–water partition coefficient (Wildman–Crippen LogP) is 6.04. The minimum absolute atomic E-state index is 0.180. The van der Waals surface area contributed by atoms with E-state index in [1.807, 2.05) is 39.0 Å². The van der Waals surface area contributed by atoms with Gasteiger partial charge in [-0.3, -0.25) is 4.90 Å². The second kappa shape index (κ2) is 11.9. The number of allylic oxidation sites excluding steroid dienone is 1. The third kappa shape index (κ3) is 6.63. The number of hydrogen-bond acceptors (Lipinski definition) is 4. The molecule has 2 aromatic carbocycles. The van der Waals surface area contributed by atoms with E-state index in [-0.39, 0.29) is 18.6 Å². The van der Waals surface area contributed by atoms with Gasteiger partial charge in [-0.05, 0) is 65.0 Å². The number of ether oxygens (including phenoxy) is 1. The zero-order chi connectivity index (χ0) is 25.5. The molecule has 0 spiro atoms. The summed E-state index contributed by atoms with van der Waals surface area (Å²) in [6.45, 7) is 8.43. The van der Waals surface area contributed by atoms with Crippen LogP contribution < -0.4 is 16.0 Å². The lowest BCUT2D eigenvalue weighted by atomic mass is 9.94. The van der Waals surface area contributed by atoms with E-state index in [0.29, 0.717) is 34.8 Å². The van der Waals surface area contributed by atoms with E-state index in [9.17, 15) is 14.4 Å². The fourth-order valence-corrected chi connectivity index (χ4v) is 4.14. The number of para-hydroxylation sites is 1. The molecule has 3 N–H and O–H groups in total. The van der Waals surface area contributed by atoms with Crippen molar-refractivity contribution in [2.45, 2.75) is 40.2 Å². The summed E-state index contributed by atoms with van der Waals surface area (Å²) < 4.78 is 6.30. The summed E-state index contributed by atoms with van der Waals surface area (Å²) in [5.41, 5.74) is 2.76. The number of esters is 1.